The molecular weight excluding hydrogens is 186 g/mol. The first-order valence-electron chi connectivity index (χ1n) is 4.53. The largest absolute Gasteiger partial charge is 0.389 e. The van der Waals surface area contributed by atoms with Crippen LogP contribution in [0, 0.1) is 0 Å². The van der Waals surface area contributed by atoms with Crippen LogP contribution in [0.3, 0.4) is 0 Å². The Hall–Kier alpha value is -0.960. The minimum Gasteiger partial charge on any atom is -0.389 e. The molecule has 0 heterocycles. The highest BCUT2D eigenvalue weighted by atomic mass is 19.3. The molecule has 0 aromatic heterocycles. The lowest BCUT2D eigenvalue weighted by Crippen LogP contribution is -2.13. The summed E-state index contributed by atoms with van der Waals surface area (Å²) < 4.78 is 25.4. The smallest absolute Gasteiger partial charge is 0.249 e. The lowest BCUT2D eigenvalue weighted by atomic mass is 10.0. The second-order valence-corrected chi connectivity index (χ2v) is 3.67. The van der Waals surface area contributed by atoms with Gasteiger partial charge in [0.05, 0.1) is 6.10 Å². The van der Waals surface area contributed by atoms with Gasteiger partial charge in [-0.3, -0.25) is 0 Å². The Morgan fingerprint density at radius 1 is 1.43 bits per heavy atom. The Morgan fingerprint density at radius 2 is 2.07 bits per heavy atom. The van der Waals surface area contributed by atoms with Gasteiger partial charge in [0, 0.05) is 6.42 Å². The molecule has 1 aromatic rings. The van der Waals surface area contributed by atoms with Crippen molar-refractivity contribution in [3.05, 3.63) is 35.4 Å². The van der Waals surface area contributed by atoms with E-state index in [1.807, 2.05) is 0 Å². The van der Waals surface area contributed by atoms with Crippen LogP contribution < -0.4 is 0 Å². The maximum Gasteiger partial charge on any atom is 0.249 e. The average molecular weight is 200 g/mol. The normalized spacial score (nSPS) is 14.1. The fraction of sp³-hybridized carbons (Fsp3) is 0.455. The fourth-order valence-electron chi connectivity index (χ4n) is 1.32. The summed E-state index contributed by atoms with van der Waals surface area (Å²) in [7, 11) is 0. The van der Waals surface area contributed by atoms with Crippen molar-refractivity contribution in [1.82, 2.24) is 0 Å². The van der Waals surface area contributed by atoms with E-state index >= 15 is 0 Å². The summed E-state index contributed by atoms with van der Waals surface area (Å²) in [4.78, 5) is 0. The zero-order valence-corrected chi connectivity index (χ0v) is 8.30. The molecule has 1 rings (SSSR count). The van der Waals surface area contributed by atoms with Gasteiger partial charge in [-0.25, -0.2) is 8.78 Å². The lowest BCUT2D eigenvalue weighted by Gasteiger charge is -2.11. The number of alkyl halides is 2. The van der Waals surface area contributed by atoms with Crippen molar-refractivity contribution in [2.24, 2.45) is 0 Å². The third-order valence-corrected chi connectivity index (χ3v) is 1.95. The van der Waals surface area contributed by atoms with Crippen molar-refractivity contribution in [3.63, 3.8) is 0 Å². The fourth-order valence-corrected chi connectivity index (χ4v) is 1.32. The molecule has 1 atom stereocenters. The second kappa shape index (κ2) is 4.05. The summed E-state index contributed by atoms with van der Waals surface area (Å²) in [6.07, 6.45) is -0.895. The Balaban J connectivity index is 2.84. The van der Waals surface area contributed by atoms with Crippen LogP contribution in [-0.2, 0) is 6.42 Å². The topological polar surface area (TPSA) is 20.2 Å². The molecule has 0 amide bonds. The first-order chi connectivity index (χ1) is 6.38. The number of aliphatic hydroxyl groups is 1. The molecule has 0 saturated heterocycles. The summed E-state index contributed by atoms with van der Waals surface area (Å²) in [5.74, 6) is -2.70. The monoisotopic (exact) mass is 200 g/mol. The predicted molar refractivity (Wildman–Crippen MR) is 51.4 cm³/mol. The minimum absolute atomic E-state index is 0.284. The van der Waals surface area contributed by atoms with Gasteiger partial charge in [-0.05, 0) is 25.0 Å². The van der Waals surface area contributed by atoms with Gasteiger partial charge in [-0.2, -0.15) is 0 Å². The molecule has 1 N–H and O–H groups in total. The molecule has 0 aliphatic rings. The first-order valence-corrected chi connectivity index (χ1v) is 4.53. The highest BCUT2D eigenvalue weighted by molar-refractivity contribution is 5.25. The molecule has 0 saturated carbocycles. The number of rotatable bonds is 3. The second-order valence-electron chi connectivity index (χ2n) is 3.67. The van der Waals surface area contributed by atoms with Crippen LogP contribution in [0.4, 0.5) is 8.78 Å². The maximum atomic E-state index is 12.7. The Bertz CT molecular complexity index is 302. The Morgan fingerprint density at radius 3 is 2.57 bits per heavy atom. The first kappa shape index (κ1) is 11.1. The van der Waals surface area contributed by atoms with Crippen LogP contribution >= 0.6 is 0 Å². The van der Waals surface area contributed by atoms with Crippen molar-refractivity contribution in [2.45, 2.75) is 32.3 Å². The molecule has 1 nitrogen and oxygen atoms in total. The summed E-state index contributed by atoms with van der Waals surface area (Å²) in [6.45, 7) is 2.51. The van der Waals surface area contributed by atoms with Crippen LogP contribution in [0.25, 0.3) is 0 Å². The molecule has 1 unspecified atom stereocenters. The summed E-state index contributed by atoms with van der Waals surface area (Å²) in [6, 6.07) is 6.66. The predicted octanol–water partition coefficient (Wildman–Crippen LogP) is 2.94. The molecule has 0 spiro atoms. The quantitative estimate of drug-likeness (QED) is 0.795. The molecule has 3 heteroatoms. The van der Waals surface area contributed by atoms with Gasteiger partial charge in [0.15, 0.2) is 0 Å². The Kier molecular flexibility index (Phi) is 3.21. The van der Waals surface area contributed by atoms with E-state index in [2.05, 4.69) is 0 Å². The standard InChI is InChI=1S/C11H14F2O/c1-8(14)10-5-3-4-9(6-10)7-11(2,12)13/h3-6,8,14H,7H2,1-2H3. The van der Waals surface area contributed by atoms with Crippen LogP contribution in [0.1, 0.15) is 31.1 Å². The third kappa shape index (κ3) is 3.42. The number of halogens is 2. The van der Waals surface area contributed by atoms with Gasteiger partial charge in [-0.1, -0.05) is 24.3 Å². The zero-order valence-electron chi connectivity index (χ0n) is 8.30. The molecule has 0 aliphatic carbocycles. The molecule has 0 aliphatic heterocycles. The van der Waals surface area contributed by atoms with Gasteiger partial charge >= 0.3 is 0 Å². The summed E-state index contributed by atoms with van der Waals surface area (Å²) >= 11 is 0. The highest BCUT2D eigenvalue weighted by Gasteiger charge is 2.21. The van der Waals surface area contributed by atoms with E-state index in [9.17, 15) is 13.9 Å². The summed E-state index contributed by atoms with van der Waals surface area (Å²) in [5, 5.41) is 9.26. The number of benzene rings is 1. The van der Waals surface area contributed by atoms with E-state index in [1.54, 1.807) is 31.2 Å². The number of hydrogen-bond acceptors (Lipinski definition) is 1. The SMILES string of the molecule is CC(O)c1cccc(CC(C)(F)F)c1. The Labute approximate surface area is 82.4 Å². The van der Waals surface area contributed by atoms with Crippen LogP contribution in [0.15, 0.2) is 24.3 Å². The number of hydrogen-bond donors (Lipinski definition) is 1. The van der Waals surface area contributed by atoms with Gasteiger partial charge in [0.2, 0.25) is 5.92 Å². The van der Waals surface area contributed by atoms with E-state index in [-0.39, 0.29) is 6.42 Å². The van der Waals surface area contributed by atoms with Crippen molar-refractivity contribution in [3.8, 4) is 0 Å². The van der Waals surface area contributed by atoms with Crippen molar-refractivity contribution < 1.29 is 13.9 Å². The maximum absolute atomic E-state index is 12.7. The molecular formula is C11H14F2O. The highest BCUT2D eigenvalue weighted by Crippen LogP contribution is 2.21. The van der Waals surface area contributed by atoms with Crippen LogP contribution in [-0.4, -0.2) is 11.0 Å². The third-order valence-electron chi connectivity index (χ3n) is 1.95. The number of aliphatic hydroxyl groups excluding tert-OH is 1. The van der Waals surface area contributed by atoms with E-state index in [4.69, 9.17) is 0 Å². The van der Waals surface area contributed by atoms with Crippen LogP contribution in [0.5, 0.6) is 0 Å². The molecule has 0 radical (unpaired) electrons. The van der Waals surface area contributed by atoms with Gasteiger partial charge in [0.1, 0.15) is 0 Å². The van der Waals surface area contributed by atoms with Crippen LogP contribution in [0.2, 0.25) is 0 Å². The molecule has 0 fully saturated rings. The van der Waals surface area contributed by atoms with E-state index < -0.39 is 12.0 Å². The van der Waals surface area contributed by atoms with Crippen molar-refractivity contribution >= 4 is 0 Å². The van der Waals surface area contributed by atoms with E-state index in [0.29, 0.717) is 11.1 Å². The zero-order chi connectivity index (χ0) is 10.8. The molecule has 78 valence electrons. The van der Waals surface area contributed by atoms with Crippen molar-refractivity contribution in [2.75, 3.05) is 0 Å². The molecule has 1 aromatic carbocycles. The van der Waals surface area contributed by atoms with Gasteiger partial charge in [-0.15, -0.1) is 0 Å². The van der Waals surface area contributed by atoms with Gasteiger partial charge in [0.25, 0.3) is 0 Å². The molecule has 0 bridgehead atoms. The van der Waals surface area contributed by atoms with E-state index in [0.717, 1.165) is 6.92 Å². The van der Waals surface area contributed by atoms with Crippen molar-refractivity contribution in [1.29, 1.82) is 0 Å². The van der Waals surface area contributed by atoms with Gasteiger partial charge < -0.3 is 5.11 Å². The minimum atomic E-state index is -2.70. The average Bonchev–Trinajstić information content (AvgIpc) is 2.01. The summed E-state index contributed by atoms with van der Waals surface area (Å²) in [5.41, 5.74) is 1.22. The van der Waals surface area contributed by atoms with E-state index in [1.165, 1.54) is 0 Å². The molecule has 14 heavy (non-hydrogen) atoms. The lowest BCUT2D eigenvalue weighted by molar-refractivity contribution is 0.0225.